The fraction of sp³-hybridized carbons (Fsp3) is 0.462. The summed E-state index contributed by atoms with van der Waals surface area (Å²) in [5, 5.41) is 2.65. The second-order valence-electron chi connectivity index (χ2n) is 5.39. The maximum atomic E-state index is 12.0. The van der Waals surface area contributed by atoms with Gasteiger partial charge in [-0.3, -0.25) is 4.79 Å². The average Bonchev–Trinajstić information content (AvgIpc) is 2.77. The largest absolute Gasteiger partial charge is 0.348 e. The molecule has 1 aliphatic rings. The monoisotopic (exact) mass is 346 g/mol. The highest BCUT2D eigenvalue weighted by molar-refractivity contribution is 7.91. The van der Waals surface area contributed by atoms with Crippen LogP contribution in [0.1, 0.15) is 16.8 Å². The molecule has 1 atom stereocenters. The van der Waals surface area contributed by atoms with E-state index in [0.29, 0.717) is 12.0 Å². The Bertz CT molecular complexity index is 767. The molecule has 1 aromatic rings. The normalized spacial score (nSPS) is 21.0. The molecular formula is C13H18N2O5S2. The summed E-state index contributed by atoms with van der Waals surface area (Å²) in [4.78, 5) is 12.1. The maximum Gasteiger partial charge on any atom is 0.251 e. The molecule has 0 aromatic heterocycles. The van der Waals surface area contributed by atoms with E-state index in [1.165, 1.54) is 38.4 Å². The van der Waals surface area contributed by atoms with E-state index < -0.39 is 25.8 Å². The standard InChI is InChI=1S/C13H18N2O5S2/c1-15(2)22(19,20)12-5-3-10(4-6-12)13(16)14-11-7-8-21(17,18)9-11/h3-6,11H,7-9H2,1-2H3,(H,14,16)/t11-/m0/s1. The molecule has 1 heterocycles. The maximum absolute atomic E-state index is 12.0. The molecule has 9 heteroatoms. The van der Waals surface area contributed by atoms with Crippen molar-refractivity contribution in [3.63, 3.8) is 0 Å². The molecule has 2 rings (SSSR count). The Labute approximate surface area is 130 Å². The molecular weight excluding hydrogens is 328 g/mol. The fourth-order valence-electron chi connectivity index (χ4n) is 2.17. The van der Waals surface area contributed by atoms with Gasteiger partial charge in [-0.25, -0.2) is 21.1 Å². The summed E-state index contributed by atoms with van der Waals surface area (Å²) in [5.41, 5.74) is 0.294. The van der Waals surface area contributed by atoms with Gasteiger partial charge in [-0.05, 0) is 30.7 Å². The number of rotatable bonds is 4. The Morgan fingerprint density at radius 2 is 1.82 bits per heavy atom. The molecule has 0 spiro atoms. The molecule has 0 bridgehead atoms. The molecule has 22 heavy (non-hydrogen) atoms. The molecule has 0 aliphatic carbocycles. The van der Waals surface area contributed by atoms with Crippen molar-refractivity contribution in [1.29, 1.82) is 0 Å². The van der Waals surface area contributed by atoms with Gasteiger partial charge in [-0.15, -0.1) is 0 Å². The number of nitrogens with zero attached hydrogens (tertiary/aromatic N) is 1. The summed E-state index contributed by atoms with van der Waals surface area (Å²) in [6.45, 7) is 0. The second-order valence-corrected chi connectivity index (χ2v) is 9.77. The van der Waals surface area contributed by atoms with Crippen molar-refractivity contribution < 1.29 is 21.6 Å². The number of nitrogens with one attached hydrogen (secondary N) is 1. The number of carbonyl (C=O) groups is 1. The zero-order valence-corrected chi connectivity index (χ0v) is 13.9. The number of carbonyl (C=O) groups excluding carboxylic acids is 1. The van der Waals surface area contributed by atoms with E-state index in [4.69, 9.17) is 0 Å². The van der Waals surface area contributed by atoms with E-state index in [1.807, 2.05) is 0 Å². The first-order valence-corrected chi connectivity index (χ1v) is 9.92. The van der Waals surface area contributed by atoms with Gasteiger partial charge in [0.05, 0.1) is 16.4 Å². The summed E-state index contributed by atoms with van der Waals surface area (Å²) >= 11 is 0. The van der Waals surface area contributed by atoms with Crippen LogP contribution in [0.15, 0.2) is 29.2 Å². The minimum atomic E-state index is -3.53. The summed E-state index contributed by atoms with van der Waals surface area (Å²) in [7, 11) is -3.74. The number of amides is 1. The van der Waals surface area contributed by atoms with Crippen LogP contribution in [0.5, 0.6) is 0 Å². The lowest BCUT2D eigenvalue weighted by Crippen LogP contribution is -2.35. The number of benzene rings is 1. The van der Waals surface area contributed by atoms with Crippen LogP contribution in [0.2, 0.25) is 0 Å². The number of sulfonamides is 1. The Morgan fingerprint density at radius 1 is 1.23 bits per heavy atom. The smallest absolute Gasteiger partial charge is 0.251 e. The molecule has 122 valence electrons. The van der Waals surface area contributed by atoms with Crippen LogP contribution < -0.4 is 5.32 Å². The van der Waals surface area contributed by atoms with Gasteiger partial charge in [-0.2, -0.15) is 0 Å². The first-order valence-electron chi connectivity index (χ1n) is 6.66. The summed E-state index contributed by atoms with van der Waals surface area (Å²) in [6, 6.07) is 5.15. The van der Waals surface area contributed by atoms with E-state index in [1.54, 1.807) is 0 Å². The second kappa shape index (κ2) is 5.98. The predicted molar refractivity (Wildman–Crippen MR) is 81.8 cm³/mol. The number of sulfone groups is 1. The predicted octanol–water partition coefficient (Wildman–Crippen LogP) is -0.146. The molecule has 0 unspecified atom stereocenters. The molecule has 1 aliphatic heterocycles. The van der Waals surface area contributed by atoms with E-state index in [-0.39, 0.29) is 22.4 Å². The van der Waals surface area contributed by atoms with E-state index >= 15 is 0 Å². The Hall–Kier alpha value is -1.45. The van der Waals surface area contributed by atoms with Crippen LogP contribution >= 0.6 is 0 Å². The van der Waals surface area contributed by atoms with E-state index in [0.717, 1.165) is 4.31 Å². The highest BCUT2D eigenvalue weighted by Gasteiger charge is 2.29. The molecule has 1 saturated heterocycles. The highest BCUT2D eigenvalue weighted by atomic mass is 32.2. The van der Waals surface area contributed by atoms with Crippen molar-refractivity contribution in [2.24, 2.45) is 0 Å². The van der Waals surface area contributed by atoms with Gasteiger partial charge in [0.15, 0.2) is 9.84 Å². The van der Waals surface area contributed by atoms with Crippen molar-refractivity contribution in [3.8, 4) is 0 Å². The lowest BCUT2D eigenvalue weighted by atomic mass is 10.2. The lowest BCUT2D eigenvalue weighted by Gasteiger charge is -2.13. The van der Waals surface area contributed by atoms with Gasteiger partial charge in [-0.1, -0.05) is 0 Å². The van der Waals surface area contributed by atoms with Gasteiger partial charge < -0.3 is 5.32 Å². The van der Waals surface area contributed by atoms with Gasteiger partial charge in [0.25, 0.3) is 5.91 Å². The first-order chi connectivity index (χ1) is 10.1. The van der Waals surface area contributed by atoms with Crippen LogP contribution in [0.25, 0.3) is 0 Å². The van der Waals surface area contributed by atoms with Crippen LogP contribution in [0.3, 0.4) is 0 Å². The summed E-state index contributed by atoms with van der Waals surface area (Å²) in [5.74, 6) is -0.375. The van der Waals surface area contributed by atoms with Crippen molar-refractivity contribution in [1.82, 2.24) is 9.62 Å². The van der Waals surface area contributed by atoms with Gasteiger partial charge in [0.2, 0.25) is 10.0 Å². The van der Waals surface area contributed by atoms with Crippen LogP contribution in [0.4, 0.5) is 0 Å². The molecule has 1 N–H and O–H groups in total. The molecule has 0 saturated carbocycles. The van der Waals surface area contributed by atoms with Crippen molar-refractivity contribution in [2.45, 2.75) is 17.4 Å². The first kappa shape index (κ1) is 16.9. The zero-order chi connectivity index (χ0) is 16.5. The lowest BCUT2D eigenvalue weighted by molar-refractivity contribution is 0.0941. The Balaban J connectivity index is 2.09. The summed E-state index contributed by atoms with van der Waals surface area (Å²) in [6.07, 6.45) is 0.404. The Kier molecular flexibility index (Phi) is 4.59. The third kappa shape index (κ3) is 3.65. The third-order valence-electron chi connectivity index (χ3n) is 3.46. The van der Waals surface area contributed by atoms with E-state index in [9.17, 15) is 21.6 Å². The zero-order valence-electron chi connectivity index (χ0n) is 12.3. The van der Waals surface area contributed by atoms with Crippen molar-refractivity contribution in [3.05, 3.63) is 29.8 Å². The Morgan fingerprint density at radius 3 is 2.27 bits per heavy atom. The number of hydrogen-bond donors (Lipinski definition) is 1. The summed E-state index contributed by atoms with van der Waals surface area (Å²) < 4.78 is 47.6. The van der Waals surface area contributed by atoms with Gasteiger partial charge in [0.1, 0.15) is 0 Å². The average molecular weight is 346 g/mol. The SMILES string of the molecule is CN(C)S(=O)(=O)c1ccc(C(=O)N[C@H]2CCS(=O)(=O)C2)cc1. The van der Waals surface area contributed by atoms with Crippen LogP contribution in [0, 0.1) is 0 Å². The molecule has 7 nitrogen and oxygen atoms in total. The number of hydrogen-bond acceptors (Lipinski definition) is 5. The van der Waals surface area contributed by atoms with E-state index in [2.05, 4.69) is 5.32 Å². The minimum absolute atomic E-state index is 0.0498. The minimum Gasteiger partial charge on any atom is -0.348 e. The molecule has 1 fully saturated rings. The third-order valence-corrected chi connectivity index (χ3v) is 7.06. The molecule has 1 amide bonds. The topological polar surface area (TPSA) is 101 Å². The van der Waals surface area contributed by atoms with Crippen LogP contribution in [-0.4, -0.2) is 58.7 Å². The van der Waals surface area contributed by atoms with Crippen molar-refractivity contribution in [2.75, 3.05) is 25.6 Å². The quantitative estimate of drug-likeness (QED) is 0.817. The highest BCUT2D eigenvalue weighted by Crippen LogP contribution is 2.15. The molecule has 1 aromatic carbocycles. The molecule has 0 radical (unpaired) electrons. The van der Waals surface area contributed by atoms with Crippen molar-refractivity contribution >= 4 is 25.8 Å². The van der Waals surface area contributed by atoms with Gasteiger partial charge in [0, 0.05) is 25.7 Å². The van der Waals surface area contributed by atoms with Gasteiger partial charge >= 0.3 is 0 Å². The van der Waals surface area contributed by atoms with Crippen LogP contribution in [-0.2, 0) is 19.9 Å². The fourth-order valence-corrected chi connectivity index (χ4v) is 4.74.